The molecule has 1 N–H and O–H groups in total. The molecule has 2 heterocycles. The molecule has 164 valence electrons. The highest BCUT2D eigenvalue weighted by atomic mass is 35.5. The quantitative estimate of drug-likeness (QED) is 0.343. The van der Waals surface area contributed by atoms with Crippen LogP contribution in [0.25, 0.3) is 0 Å². The molecule has 2 aromatic heterocycles. The van der Waals surface area contributed by atoms with Gasteiger partial charge in [-0.1, -0.05) is 59.6 Å². The van der Waals surface area contributed by atoms with Crippen LogP contribution in [0, 0.1) is 20.8 Å². The van der Waals surface area contributed by atoms with Gasteiger partial charge in [-0.15, -0.1) is 11.3 Å². The number of ether oxygens (including phenoxy) is 1. The van der Waals surface area contributed by atoms with Gasteiger partial charge in [0, 0.05) is 11.8 Å². The molecule has 0 unspecified atom stereocenters. The van der Waals surface area contributed by atoms with Crippen LogP contribution in [0.15, 0.2) is 60.1 Å². The van der Waals surface area contributed by atoms with Crippen LogP contribution in [0.3, 0.4) is 0 Å². The average molecular weight is 466 g/mol. The SMILES string of the molecule is Cc1ccc(Cn2cc(Cl)c(NC(=O)c3cc(COc4c(C)cccc4C)cs3)n2)cc1. The molecule has 0 saturated heterocycles. The summed E-state index contributed by atoms with van der Waals surface area (Å²) in [5.74, 6) is 0.997. The van der Waals surface area contributed by atoms with Crippen LogP contribution < -0.4 is 10.1 Å². The Balaban J connectivity index is 1.39. The average Bonchev–Trinajstić information content (AvgIpc) is 3.36. The number of aryl methyl sites for hydroxylation is 3. The Morgan fingerprint density at radius 2 is 1.81 bits per heavy atom. The van der Waals surface area contributed by atoms with Crippen LogP contribution in [-0.2, 0) is 13.2 Å². The lowest BCUT2D eigenvalue weighted by Gasteiger charge is -2.10. The molecule has 5 nitrogen and oxygen atoms in total. The van der Waals surface area contributed by atoms with Crippen molar-refractivity contribution in [2.75, 3.05) is 5.32 Å². The van der Waals surface area contributed by atoms with E-state index in [0.29, 0.717) is 28.9 Å². The lowest BCUT2D eigenvalue weighted by atomic mass is 10.1. The van der Waals surface area contributed by atoms with Crippen molar-refractivity contribution in [1.82, 2.24) is 9.78 Å². The van der Waals surface area contributed by atoms with Gasteiger partial charge in [0.2, 0.25) is 0 Å². The summed E-state index contributed by atoms with van der Waals surface area (Å²) in [5, 5.41) is 9.58. The van der Waals surface area contributed by atoms with E-state index >= 15 is 0 Å². The number of aromatic nitrogens is 2. The first-order valence-electron chi connectivity index (χ1n) is 10.3. The van der Waals surface area contributed by atoms with Crippen LogP contribution in [0.5, 0.6) is 5.75 Å². The number of hydrogen-bond donors (Lipinski definition) is 1. The molecule has 0 atom stereocenters. The van der Waals surface area contributed by atoms with Crippen molar-refractivity contribution in [3.8, 4) is 5.75 Å². The van der Waals surface area contributed by atoms with Crippen molar-refractivity contribution >= 4 is 34.7 Å². The summed E-state index contributed by atoms with van der Waals surface area (Å²) in [6.07, 6.45) is 1.72. The first kappa shape index (κ1) is 22.1. The molecular weight excluding hydrogens is 442 g/mol. The second-order valence-electron chi connectivity index (χ2n) is 7.79. The number of anilines is 1. The maximum atomic E-state index is 12.7. The van der Waals surface area contributed by atoms with Crippen LogP contribution in [-0.4, -0.2) is 15.7 Å². The van der Waals surface area contributed by atoms with Crippen LogP contribution in [0.2, 0.25) is 5.02 Å². The molecular formula is C25H24ClN3O2S. The molecule has 0 bridgehead atoms. The number of nitrogens with one attached hydrogen (secondary N) is 1. The zero-order chi connectivity index (χ0) is 22.7. The number of para-hydroxylation sites is 1. The largest absolute Gasteiger partial charge is 0.488 e. The van der Waals surface area contributed by atoms with Crippen LogP contribution in [0.4, 0.5) is 5.82 Å². The molecule has 0 aliphatic carbocycles. The standard InChI is InChI=1S/C25H24ClN3O2S/c1-16-7-9-19(10-8-16)12-29-13-21(26)24(28-29)27-25(30)22-11-20(15-32-22)14-31-23-17(2)5-4-6-18(23)3/h4-11,13,15H,12,14H2,1-3H3,(H,27,28,30). The van der Waals surface area contributed by atoms with E-state index in [1.54, 1.807) is 10.9 Å². The fourth-order valence-electron chi connectivity index (χ4n) is 3.37. The summed E-state index contributed by atoms with van der Waals surface area (Å²) in [4.78, 5) is 13.3. The van der Waals surface area contributed by atoms with E-state index in [0.717, 1.165) is 28.0 Å². The van der Waals surface area contributed by atoms with Crippen LogP contribution >= 0.6 is 22.9 Å². The minimum atomic E-state index is -0.240. The summed E-state index contributed by atoms with van der Waals surface area (Å²) in [6, 6.07) is 16.1. The second kappa shape index (κ2) is 9.59. The molecule has 32 heavy (non-hydrogen) atoms. The third-order valence-electron chi connectivity index (χ3n) is 5.08. The molecule has 0 spiro atoms. The predicted octanol–water partition coefficient (Wildman–Crippen LogP) is 6.40. The highest BCUT2D eigenvalue weighted by molar-refractivity contribution is 7.12. The molecule has 0 fully saturated rings. The van der Waals surface area contributed by atoms with Gasteiger partial charge in [-0.2, -0.15) is 5.10 Å². The lowest BCUT2D eigenvalue weighted by molar-refractivity contribution is 0.103. The molecule has 0 saturated carbocycles. The first-order chi connectivity index (χ1) is 15.4. The summed E-state index contributed by atoms with van der Waals surface area (Å²) in [5.41, 5.74) is 5.44. The van der Waals surface area contributed by atoms with Gasteiger partial charge in [0.25, 0.3) is 5.91 Å². The van der Waals surface area contributed by atoms with Crippen molar-refractivity contribution in [1.29, 1.82) is 0 Å². The monoisotopic (exact) mass is 465 g/mol. The molecule has 0 aliphatic rings. The Labute approximate surface area is 196 Å². The molecule has 4 rings (SSSR count). The number of thiophene rings is 1. The summed E-state index contributed by atoms with van der Waals surface area (Å²) >= 11 is 7.67. The smallest absolute Gasteiger partial charge is 0.266 e. The normalized spacial score (nSPS) is 10.9. The van der Waals surface area contributed by atoms with Gasteiger partial charge in [-0.25, -0.2) is 0 Å². The van der Waals surface area contributed by atoms with Gasteiger partial charge < -0.3 is 10.1 Å². The number of rotatable bonds is 7. The van der Waals surface area contributed by atoms with E-state index in [4.69, 9.17) is 16.3 Å². The number of carbonyl (C=O) groups is 1. The van der Waals surface area contributed by atoms with Crippen molar-refractivity contribution in [3.63, 3.8) is 0 Å². The van der Waals surface area contributed by atoms with E-state index in [1.807, 2.05) is 50.4 Å². The number of halogens is 1. The molecule has 0 radical (unpaired) electrons. The summed E-state index contributed by atoms with van der Waals surface area (Å²) in [7, 11) is 0. The third-order valence-corrected chi connectivity index (χ3v) is 6.34. The van der Waals surface area contributed by atoms with Gasteiger partial charge in [0.1, 0.15) is 17.4 Å². The number of nitrogens with zero attached hydrogens (tertiary/aromatic N) is 2. The Bertz CT molecular complexity index is 1220. The number of hydrogen-bond acceptors (Lipinski definition) is 4. The van der Waals surface area contributed by atoms with Crippen molar-refractivity contribution in [2.45, 2.75) is 33.9 Å². The zero-order valence-electron chi connectivity index (χ0n) is 18.2. The Hall–Kier alpha value is -3.09. The third kappa shape index (κ3) is 5.21. The highest BCUT2D eigenvalue weighted by Gasteiger charge is 2.15. The van der Waals surface area contributed by atoms with Crippen molar-refractivity contribution in [2.24, 2.45) is 0 Å². The maximum absolute atomic E-state index is 12.7. The van der Waals surface area contributed by atoms with Crippen LogP contribution in [0.1, 0.15) is 37.5 Å². The van der Waals surface area contributed by atoms with E-state index in [9.17, 15) is 4.79 Å². The van der Waals surface area contributed by atoms with E-state index in [-0.39, 0.29) is 5.91 Å². The van der Waals surface area contributed by atoms with Gasteiger partial charge in [-0.3, -0.25) is 9.48 Å². The van der Waals surface area contributed by atoms with E-state index < -0.39 is 0 Å². The Morgan fingerprint density at radius 3 is 2.53 bits per heavy atom. The maximum Gasteiger partial charge on any atom is 0.266 e. The van der Waals surface area contributed by atoms with Gasteiger partial charge >= 0.3 is 0 Å². The fraction of sp³-hybridized carbons (Fsp3) is 0.200. The highest BCUT2D eigenvalue weighted by Crippen LogP contribution is 2.26. The van der Waals surface area contributed by atoms with Gasteiger partial charge in [0.15, 0.2) is 5.82 Å². The number of amides is 1. The molecule has 2 aromatic carbocycles. The van der Waals surface area contributed by atoms with Gasteiger partial charge in [0.05, 0.1) is 11.4 Å². The van der Waals surface area contributed by atoms with Gasteiger partial charge in [-0.05, 0) is 48.9 Å². The van der Waals surface area contributed by atoms with Crippen molar-refractivity contribution < 1.29 is 9.53 Å². The lowest BCUT2D eigenvalue weighted by Crippen LogP contribution is -2.11. The molecule has 4 aromatic rings. The minimum Gasteiger partial charge on any atom is -0.488 e. The zero-order valence-corrected chi connectivity index (χ0v) is 19.8. The Morgan fingerprint density at radius 1 is 1.09 bits per heavy atom. The molecule has 0 aliphatic heterocycles. The molecule has 1 amide bonds. The summed E-state index contributed by atoms with van der Waals surface area (Å²) in [6.45, 7) is 7.08. The second-order valence-corrected chi connectivity index (χ2v) is 9.11. The topological polar surface area (TPSA) is 56.2 Å². The van der Waals surface area contributed by atoms with Crippen molar-refractivity contribution in [3.05, 3.63) is 97.8 Å². The predicted molar refractivity (Wildman–Crippen MR) is 130 cm³/mol. The van der Waals surface area contributed by atoms with E-state index in [1.165, 1.54) is 16.9 Å². The fourth-order valence-corrected chi connectivity index (χ4v) is 4.35. The number of carbonyl (C=O) groups excluding carboxylic acids is 1. The number of benzene rings is 2. The molecule has 7 heteroatoms. The summed E-state index contributed by atoms with van der Waals surface area (Å²) < 4.78 is 7.71. The van der Waals surface area contributed by atoms with E-state index in [2.05, 4.69) is 34.7 Å². The Kier molecular flexibility index (Phi) is 6.63. The minimum absolute atomic E-state index is 0.240. The first-order valence-corrected chi connectivity index (χ1v) is 11.5.